The summed E-state index contributed by atoms with van der Waals surface area (Å²) in [6, 6.07) is 23.0. The second kappa shape index (κ2) is 8.62. The average molecular weight is 468 g/mol. The van der Waals surface area contributed by atoms with Gasteiger partial charge in [0.15, 0.2) is 0 Å². The highest BCUT2D eigenvalue weighted by Gasteiger charge is 2.40. The second-order valence-electron chi connectivity index (χ2n) is 9.80. The number of fused-ring (bicyclic) bond motifs is 1. The molecule has 176 valence electrons. The van der Waals surface area contributed by atoms with E-state index in [0.29, 0.717) is 22.4 Å². The molecule has 0 radical (unpaired) electrons. The number of carbonyl (C=O) groups is 1. The molecular formula is C29H26FN3O2. The summed E-state index contributed by atoms with van der Waals surface area (Å²) in [7, 11) is 0. The van der Waals surface area contributed by atoms with Gasteiger partial charge in [-0.05, 0) is 17.7 Å². The van der Waals surface area contributed by atoms with Crippen molar-refractivity contribution < 1.29 is 9.18 Å². The molecular weight excluding hydrogens is 441 g/mol. The first-order valence-corrected chi connectivity index (χ1v) is 11.6. The number of aromatic nitrogens is 1. The number of carbonyl (C=O) groups excluding carboxylic acids is 1. The second-order valence-corrected chi connectivity index (χ2v) is 9.80. The maximum Gasteiger partial charge on any atom is 0.258 e. The number of H-pyrrole nitrogens is 1. The van der Waals surface area contributed by atoms with Crippen LogP contribution in [0.5, 0.6) is 0 Å². The van der Waals surface area contributed by atoms with Gasteiger partial charge in [-0.3, -0.25) is 9.59 Å². The van der Waals surface area contributed by atoms with Crippen LogP contribution in [0.15, 0.2) is 88.8 Å². The molecule has 5 rings (SSSR count). The van der Waals surface area contributed by atoms with Crippen LogP contribution in [0.3, 0.4) is 0 Å². The number of amides is 1. The molecule has 35 heavy (non-hydrogen) atoms. The zero-order valence-electron chi connectivity index (χ0n) is 19.9. The van der Waals surface area contributed by atoms with Crippen LogP contribution >= 0.6 is 0 Å². The van der Waals surface area contributed by atoms with E-state index in [1.54, 1.807) is 39.0 Å². The molecule has 0 aliphatic carbocycles. The summed E-state index contributed by atoms with van der Waals surface area (Å²) in [4.78, 5) is 29.9. The average Bonchev–Trinajstić information content (AvgIpc) is 3.27. The molecule has 1 aliphatic heterocycles. The predicted molar refractivity (Wildman–Crippen MR) is 137 cm³/mol. The standard InChI is InChI=1S/C29H26FN3O2/c1-29(2,3)28(35)33-24(19-13-7-9-15-21(19)30)17-23(32-33)26-25(18-11-5-4-6-12-18)20-14-8-10-16-22(20)31-27(26)34/h4-16,24H,17H2,1-3H3,(H,31,34). The molecule has 1 amide bonds. The van der Waals surface area contributed by atoms with Crippen molar-refractivity contribution in [1.82, 2.24) is 9.99 Å². The van der Waals surface area contributed by atoms with Crippen molar-refractivity contribution in [3.63, 3.8) is 0 Å². The minimum atomic E-state index is -0.736. The normalized spacial score (nSPS) is 15.9. The van der Waals surface area contributed by atoms with E-state index in [1.165, 1.54) is 11.1 Å². The van der Waals surface area contributed by atoms with E-state index in [-0.39, 0.29) is 17.9 Å². The fourth-order valence-corrected chi connectivity index (χ4v) is 4.60. The minimum Gasteiger partial charge on any atom is -0.321 e. The zero-order chi connectivity index (χ0) is 24.7. The van der Waals surface area contributed by atoms with Crippen molar-refractivity contribution in [3.05, 3.63) is 106 Å². The Morgan fingerprint density at radius 3 is 2.31 bits per heavy atom. The SMILES string of the molecule is CC(C)(C)C(=O)N1N=C(c2c(-c3ccccc3)c3ccccc3[nH]c2=O)CC1c1ccccc1F. The van der Waals surface area contributed by atoms with Gasteiger partial charge >= 0.3 is 0 Å². The molecule has 0 saturated carbocycles. The highest BCUT2D eigenvalue weighted by molar-refractivity contribution is 6.13. The van der Waals surface area contributed by atoms with E-state index in [9.17, 15) is 14.0 Å². The number of nitrogens with one attached hydrogen (secondary N) is 1. The molecule has 0 bridgehead atoms. The third-order valence-electron chi connectivity index (χ3n) is 6.30. The molecule has 1 aromatic heterocycles. The Morgan fingerprint density at radius 2 is 1.60 bits per heavy atom. The number of rotatable bonds is 3. The lowest BCUT2D eigenvalue weighted by molar-refractivity contribution is -0.141. The van der Waals surface area contributed by atoms with Gasteiger partial charge in [-0.2, -0.15) is 5.10 Å². The topological polar surface area (TPSA) is 65.5 Å². The van der Waals surface area contributed by atoms with E-state index >= 15 is 0 Å². The molecule has 0 fully saturated rings. The fourth-order valence-electron chi connectivity index (χ4n) is 4.60. The number of para-hydroxylation sites is 1. The first-order chi connectivity index (χ1) is 16.8. The lowest BCUT2D eigenvalue weighted by Gasteiger charge is -2.28. The number of hydrogen-bond acceptors (Lipinski definition) is 3. The van der Waals surface area contributed by atoms with Gasteiger partial charge in [-0.25, -0.2) is 9.40 Å². The molecule has 1 aliphatic rings. The zero-order valence-corrected chi connectivity index (χ0v) is 19.9. The first kappa shape index (κ1) is 22.7. The summed E-state index contributed by atoms with van der Waals surface area (Å²) in [6.07, 6.45) is 0.226. The quantitative estimate of drug-likeness (QED) is 0.398. The third kappa shape index (κ3) is 4.05. The summed E-state index contributed by atoms with van der Waals surface area (Å²) in [5, 5.41) is 6.92. The molecule has 0 spiro atoms. The molecule has 4 aromatic rings. The van der Waals surface area contributed by atoms with Crippen molar-refractivity contribution in [2.75, 3.05) is 0 Å². The summed E-state index contributed by atoms with van der Waals surface area (Å²) in [5.74, 6) is -0.643. The van der Waals surface area contributed by atoms with Crippen molar-refractivity contribution in [2.45, 2.75) is 33.2 Å². The van der Waals surface area contributed by atoms with Crippen LogP contribution in [0, 0.1) is 11.2 Å². The molecule has 6 heteroatoms. The van der Waals surface area contributed by atoms with Gasteiger partial charge in [-0.15, -0.1) is 0 Å². The van der Waals surface area contributed by atoms with Crippen LogP contribution in [0.4, 0.5) is 4.39 Å². The Labute approximate surface area is 202 Å². The van der Waals surface area contributed by atoms with Gasteiger partial charge in [0.2, 0.25) is 5.91 Å². The van der Waals surface area contributed by atoms with Gasteiger partial charge in [0.25, 0.3) is 5.56 Å². The van der Waals surface area contributed by atoms with Gasteiger partial charge in [0.05, 0.1) is 17.3 Å². The van der Waals surface area contributed by atoms with Gasteiger partial charge in [-0.1, -0.05) is 87.5 Å². The number of halogens is 1. The van der Waals surface area contributed by atoms with Gasteiger partial charge < -0.3 is 4.98 Å². The van der Waals surface area contributed by atoms with Crippen molar-refractivity contribution >= 4 is 22.5 Å². The number of hydrogen-bond donors (Lipinski definition) is 1. The van der Waals surface area contributed by atoms with Crippen LogP contribution in [0.2, 0.25) is 0 Å². The molecule has 1 atom stereocenters. The van der Waals surface area contributed by atoms with Crippen LogP contribution in [0.25, 0.3) is 22.0 Å². The highest BCUT2D eigenvalue weighted by atomic mass is 19.1. The van der Waals surface area contributed by atoms with Gasteiger partial charge in [0.1, 0.15) is 5.82 Å². The van der Waals surface area contributed by atoms with E-state index in [4.69, 9.17) is 5.10 Å². The Morgan fingerprint density at radius 1 is 0.943 bits per heavy atom. The summed E-state index contributed by atoms with van der Waals surface area (Å²) in [6.45, 7) is 5.42. The van der Waals surface area contributed by atoms with Crippen LogP contribution < -0.4 is 5.56 Å². The van der Waals surface area contributed by atoms with Crippen molar-refractivity contribution in [3.8, 4) is 11.1 Å². The number of benzene rings is 3. The monoisotopic (exact) mass is 467 g/mol. The van der Waals surface area contributed by atoms with E-state index in [2.05, 4.69) is 4.98 Å². The number of aromatic amines is 1. The van der Waals surface area contributed by atoms with E-state index < -0.39 is 17.3 Å². The Kier molecular flexibility index (Phi) is 5.59. The largest absolute Gasteiger partial charge is 0.321 e. The molecule has 3 aromatic carbocycles. The number of pyridine rings is 1. The Hall–Kier alpha value is -4.06. The Bertz CT molecular complexity index is 1520. The fraction of sp³-hybridized carbons (Fsp3) is 0.207. The maximum atomic E-state index is 14.9. The highest BCUT2D eigenvalue weighted by Crippen LogP contribution is 2.39. The minimum absolute atomic E-state index is 0.226. The molecule has 5 nitrogen and oxygen atoms in total. The van der Waals surface area contributed by atoms with Crippen LogP contribution in [-0.4, -0.2) is 21.6 Å². The van der Waals surface area contributed by atoms with E-state index in [1.807, 2.05) is 54.6 Å². The number of nitrogens with zero attached hydrogens (tertiary/aromatic N) is 2. The molecule has 1 unspecified atom stereocenters. The lowest BCUT2D eigenvalue weighted by atomic mass is 9.90. The summed E-state index contributed by atoms with van der Waals surface area (Å²) in [5.41, 5.74) is 2.55. The summed E-state index contributed by atoms with van der Waals surface area (Å²) >= 11 is 0. The maximum absolute atomic E-state index is 14.9. The summed E-state index contributed by atoms with van der Waals surface area (Å²) < 4.78 is 14.9. The first-order valence-electron chi connectivity index (χ1n) is 11.6. The molecule has 0 saturated heterocycles. The molecule has 2 heterocycles. The predicted octanol–water partition coefficient (Wildman–Crippen LogP) is 6.06. The third-order valence-corrected chi connectivity index (χ3v) is 6.30. The smallest absolute Gasteiger partial charge is 0.258 e. The number of hydrazone groups is 1. The van der Waals surface area contributed by atoms with Crippen LogP contribution in [-0.2, 0) is 4.79 Å². The van der Waals surface area contributed by atoms with Crippen molar-refractivity contribution in [2.24, 2.45) is 10.5 Å². The Balaban J connectivity index is 1.75. The van der Waals surface area contributed by atoms with Crippen molar-refractivity contribution in [1.29, 1.82) is 0 Å². The molecule has 1 N–H and O–H groups in total. The van der Waals surface area contributed by atoms with E-state index in [0.717, 1.165) is 16.5 Å². The van der Waals surface area contributed by atoms with Crippen LogP contribution in [0.1, 0.15) is 44.4 Å². The lowest BCUT2D eigenvalue weighted by Crippen LogP contribution is -2.36. The van der Waals surface area contributed by atoms with Gasteiger partial charge in [0, 0.05) is 33.9 Å².